The SMILES string of the molecule is Cc1c(C(=O)OC(C)(C)C)nnn1Cc1ccc(Cl)s1. The molecule has 0 bridgehead atoms. The number of hydrogen-bond acceptors (Lipinski definition) is 5. The minimum atomic E-state index is -0.547. The Labute approximate surface area is 126 Å². The van der Waals surface area contributed by atoms with Crippen molar-refractivity contribution in [3.05, 3.63) is 32.7 Å². The Bertz CT molecular complexity index is 628. The van der Waals surface area contributed by atoms with Crippen LogP contribution in [0.1, 0.15) is 41.8 Å². The van der Waals surface area contributed by atoms with Crippen molar-refractivity contribution in [2.24, 2.45) is 0 Å². The van der Waals surface area contributed by atoms with E-state index in [2.05, 4.69) is 10.3 Å². The summed E-state index contributed by atoms with van der Waals surface area (Å²) in [6, 6.07) is 3.77. The smallest absolute Gasteiger partial charge is 0.361 e. The van der Waals surface area contributed by atoms with E-state index >= 15 is 0 Å². The Morgan fingerprint density at radius 1 is 1.45 bits per heavy atom. The van der Waals surface area contributed by atoms with Gasteiger partial charge in [0.15, 0.2) is 5.69 Å². The zero-order valence-corrected chi connectivity index (χ0v) is 13.4. The molecule has 0 radical (unpaired) electrons. The van der Waals surface area contributed by atoms with Crippen LogP contribution in [0, 0.1) is 6.92 Å². The fraction of sp³-hybridized carbons (Fsp3) is 0.462. The molecule has 0 unspecified atom stereocenters. The lowest BCUT2D eigenvalue weighted by molar-refractivity contribution is 0.00619. The number of halogens is 1. The molecule has 5 nitrogen and oxygen atoms in total. The molecule has 0 fully saturated rings. The van der Waals surface area contributed by atoms with E-state index < -0.39 is 11.6 Å². The number of hydrogen-bond donors (Lipinski definition) is 0. The number of aromatic nitrogens is 3. The molecule has 0 aromatic carbocycles. The summed E-state index contributed by atoms with van der Waals surface area (Å²) in [7, 11) is 0. The van der Waals surface area contributed by atoms with Gasteiger partial charge in [-0.2, -0.15) is 0 Å². The van der Waals surface area contributed by atoms with Gasteiger partial charge in [0.05, 0.1) is 16.6 Å². The van der Waals surface area contributed by atoms with Crippen LogP contribution in [0.3, 0.4) is 0 Å². The summed E-state index contributed by atoms with van der Waals surface area (Å²) in [5.74, 6) is -0.453. The normalized spacial score (nSPS) is 11.7. The van der Waals surface area contributed by atoms with Crippen LogP contribution >= 0.6 is 22.9 Å². The first-order valence-electron chi connectivity index (χ1n) is 6.14. The second-order valence-electron chi connectivity index (χ2n) is 5.39. The van der Waals surface area contributed by atoms with Crippen molar-refractivity contribution in [1.29, 1.82) is 0 Å². The molecule has 0 saturated heterocycles. The van der Waals surface area contributed by atoms with Crippen LogP contribution in [0.4, 0.5) is 0 Å². The summed E-state index contributed by atoms with van der Waals surface area (Å²) in [6.45, 7) is 7.79. The fourth-order valence-electron chi connectivity index (χ4n) is 1.61. The highest BCUT2D eigenvalue weighted by Crippen LogP contribution is 2.22. The van der Waals surface area contributed by atoms with Gasteiger partial charge in [0.2, 0.25) is 0 Å². The van der Waals surface area contributed by atoms with Gasteiger partial charge in [0, 0.05) is 4.88 Å². The van der Waals surface area contributed by atoms with Crippen LogP contribution in [0.25, 0.3) is 0 Å². The second-order valence-corrected chi connectivity index (χ2v) is 7.19. The van der Waals surface area contributed by atoms with E-state index in [4.69, 9.17) is 16.3 Å². The zero-order chi connectivity index (χ0) is 14.9. The average Bonchev–Trinajstić information content (AvgIpc) is 2.85. The first kappa shape index (κ1) is 15.0. The molecule has 0 saturated carbocycles. The maximum atomic E-state index is 12.0. The third kappa shape index (κ3) is 3.58. The quantitative estimate of drug-likeness (QED) is 0.816. The zero-order valence-electron chi connectivity index (χ0n) is 11.8. The molecule has 0 aliphatic rings. The van der Waals surface area contributed by atoms with Crippen molar-refractivity contribution < 1.29 is 9.53 Å². The molecule has 0 spiro atoms. The van der Waals surface area contributed by atoms with Crippen LogP contribution in [-0.4, -0.2) is 26.6 Å². The minimum absolute atomic E-state index is 0.252. The van der Waals surface area contributed by atoms with Gasteiger partial charge >= 0.3 is 5.97 Å². The monoisotopic (exact) mass is 313 g/mol. The highest BCUT2D eigenvalue weighted by molar-refractivity contribution is 7.16. The molecule has 2 rings (SSSR count). The van der Waals surface area contributed by atoms with Gasteiger partial charge in [-0.15, -0.1) is 16.4 Å². The number of nitrogens with zero attached hydrogens (tertiary/aromatic N) is 3. The molecule has 0 atom stereocenters. The lowest BCUT2D eigenvalue weighted by atomic mass is 10.2. The van der Waals surface area contributed by atoms with Crippen LogP contribution in [0.2, 0.25) is 4.34 Å². The Morgan fingerprint density at radius 3 is 2.70 bits per heavy atom. The number of carbonyl (C=O) groups is 1. The molecule has 0 amide bonds. The van der Waals surface area contributed by atoms with Gasteiger partial charge < -0.3 is 4.74 Å². The first-order valence-corrected chi connectivity index (χ1v) is 7.33. The molecule has 20 heavy (non-hydrogen) atoms. The summed E-state index contributed by atoms with van der Waals surface area (Å²) in [6.07, 6.45) is 0. The van der Waals surface area contributed by atoms with Gasteiger partial charge in [-0.05, 0) is 39.8 Å². The topological polar surface area (TPSA) is 57.0 Å². The lowest BCUT2D eigenvalue weighted by Gasteiger charge is -2.18. The maximum Gasteiger partial charge on any atom is 0.361 e. The predicted octanol–water partition coefficient (Wildman–Crippen LogP) is 3.31. The van der Waals surface area contributed by atoms with Crippen molar-refractivity contribution in [2.75, 3.05) is 0 Å². The average molecular weight is 314 g/mol. The van der Waals surface area contributed by atoms with Crippen molar-refractivity contribution in [2.45, 2.75) is 39.8 Å². The summed E-state index contributed by atoms with van der Waals surface area (Å²) in [5.41, 5.74) is 0.389. The molecule has 7 heteroatoms. The lowest BCUT2D eigenvalue weighted by Crippen LogP contribution is -2.24. The predicted molar refractivity (Wildman–Crippen MR) is 78.4 cm³/mol. The number of esters is 1. The van der Waals surface area contributed by atoms with Gasteiger partial charge in [-0.3, -0.25) is 0 Å². The highest BCUT2D eigenvalue weighted by atomic mass is 35.5. The standard InChI is InChI=1S/C13H16ClN3O2S/c1-8-11(12(18)19-13(2,3)4)15-16-17(8)7-9-5-6-10(14)20-9/h5-6H,7H2,1-4H3. The Hall–Kier alpha value is -1.40. The summed E-state index contributed by atoms with van der Waals surface area (Å²) in [5, 5.41) is 7.91. The van der Waals surface area contributed by atoms with Gasteiger partial charge in [0.25, 0.3) is 0 Å². The van der Waals surface area contributed by atoms with Crippen molar-refractivity contribution >= 4 is 28.9 Å². The molecule has 0 aliphatic carbocycles. The number of carbonyl (C=O) groups excluding carboxylic acids is 1. The third-order valence-corrected chi connectivity index (χ3v) is 3.73. The Balaban J connectivity index is 2.16. The van der Waals surface area contributed by atoms with E-state index in [0.717, 1.165) is 9.21 Å². The molecule has 0 N–H and O–H groups in total. The Kier molecular flexibility index (Phi) is 4.15. The van der Waals surface area contributed by atoms with Crippen LogP contribution < -0.4 is 0 Å². The molecule has 2 aromatic rings. The third-order valence-electron chi connectivity index (χ3n) is 2.51. The van der Waals surface area contributed by atoms with Gasteiger partial charge in [0.1, 0.15) is 5.60 Å². The van der Waals surface area contributed by atoms with Crippen LogP contribution in [0.5, 0.6) is 0 Å². The molecule has 2 aromatic heterocycles. The van der Waals surface area contributed by atoms with Crippen molar-refractivity contribution in [3.8, 4) is 0 Å². The molecule has 108 valence electrons. The first-order chi connectivity index (χ1) is 9.26. The summed E-state index contributed by atoms with van der Waals surface area (Å²) >= 11 is 7.37. The summed E-state index contributed by atoms with van der Waals surface area (Å²) < 4.78 is 7.69. The number of rotatable bonds is 3. The number of ether oxygens (including phenoxy) is 1. The summed E-state index contributed by atoms with van der Waals surface area (Å²) in [4.78, 5) is 13.0. The van der Waals surface area contributed by atoms with E-state index in [-0.39, 0.29) is 5.69 Å². The van der Waals surface area contributed by atoms with E-state index in [1.165, 1.54) is 11.3 Å². The van der Waals surface area contributed by atoms with E-state index in [1.54, 1.807) is 11.6 Å². The molecular formula is C13H16ClN3O2S. The second kappa shape index (κ2) is 5.54. The largest absolute Gasteiger partial charge is 0.455 e. The van der Waals surface area contributed by atoms with Crippen LogP contribution in [0.15, 0.2) is 12.1 Å². The maximum absolute atomic E-state index is 12.0. The van der Waals surface area contributed by atoms with Crippen molar-refractivity contribution in [1.82, 2.24) is 15.0 Å². The van der Waals surface area contributed by atoms with Gasteiger partial charge in [-0.1, -0.05) is 16.8 Å². The Morgan fingerprint density at radius 2 is 2.15 bits per heavy atom. The van der Waals surface area contributed by atoms with Gasteiger partial charge in [-0.25, -0.2) is 9.48 Å². The molecule has 0 aliphatic heterocycles. The van der Waals surface area contributed by atoms with Crippen molar-refractivity contribution in [3.63, 3.8) is 0 Å². The fourth-order valence-corrected chi connectivity index (χ4v) is 2.68. The van der Waals surface area contributed by atoms with E-state index in [0.29, 0.717) is 12.2 Å². The van der Waals surface area contributed by atoms with E-state index in [9.17, 15) is 4.79 Å². The molecule has 2 heterocycles. The van der Waals surface area contributed by atoms with Crippen LogP contribution in [-0.2, 0) is 11.3 Å². The molecular weight excluding hydrogens is 298 g/mol. The highest BCUT2D eigenvalue weighted by Gasteiger charge is 2.23. The van der Waals surface area contributed by atoms with E-state index in [1.807, 2.05) is 32.9 Å². The number of thiophene rings is 1. The minimum Gasteiger partial charge on any atom is -0.455 e.